The molecular weight excluding hydrogens is 376 g/mol. The van der Waals surface area contributed by atoms with Gasteiger partial charge in [0.1, 0.15) is 5.70 Å². The largest absolute Gasteiger partial charge is 0.477 e. The second kappa shape index (κ2) is 5.03. The summed E-state index contributed by atoms with van der Waals surface area (Å²) in [6, 6.07) is 5.02. The van der Waals surface area contributed by atoms with Crippen LogP contribution >= 0.6 is 15.9 Å². The molecule has 114 valence electrons. The van der Waals surface area contributed by atoms with E-state index in [2.05, 4.69) is 20.9 Å². The minimum absolute atomic E-state index is 0.0254. The van der Waals surface area contributed by atoms with Gasteiger partial charge in [-0.05, 0) is 18.2 Å². The van der Waals surface area contributed by atoms with Crippen LogP contribution in [0, 0.1) is 0 Å². The number of nitrogens with zero attached hydrogens (tertiary/aromatic N) is 2. The van der Waals surface area contributed by atoms with E-state index in [4.69, 9.17) is 0 Å². The number of sulfone groups is 1. The summed E-state index contributed by atoms with van der Waals surface area (Å²) in [7, 11) is -3.70. The predicted octanol–water partition coefficient (Wildman–Crippen LogP) is 0.753. The third-order valence-corrected chi connectivity index (χ3v) is 6.19. The Labute approximate surface area is 134 Å². The van der Waals surface area contributed by atoms with Crippen LogP contribution in [0.25, 0.3) is 6.08 Å². The van der Waals surface area contributed by atoms with Gasteiger partial charge in [-0.25, -0.2) is 13.2 Å². The smallest absolute Gasteiger partial charge is 0.353 e. The zero-order valence-electron chi connectivity index (χ0n) is 10.9. The number of amides is 1. The molecule has 22 heavy (non-hydrogen) atoms. The summed E-state index contributed by atoms with van der Waals surface area (Å²) >= 11 is 2.94. The number of aliphatic carboxylic acids is 1. The molecule has 1 aromatic heterocycles. The van der Waals surface area contributed by atoms with Gasteiger partial charge in [0, 0.05) is 10.7 Å². The number of hydrogen-bond donors (Lipinski definition) is 1. The van der Waals surface area contributed by atoms with Crippen molar-refractivity contribution in [1.82, 2.24) is 9.88 Å². The zero-order valence-corrected chi connectivity index (χ0v) is 13.3. The van der Waals surface area contributed by atoms with Crippen molar-refractivity contribution in [3.8, 4) is 0 Å². The van der Waals surface area contributed by atoms with Crippen LogP contribution in [0.4, 0.5) is 0 Å². The molecule has 1 amide bonds. The van der Waals surface area contributed by atoms with Gasteiger partial charge in [0.25, 0.3) is 5.91 Å². The summed E-state index contributed by atoms with van der Waals surface area (Å²) in [5.41, 5.74) is 0.131. The number of fused-ring (bicyclic) bond motifs is 1. The first kappa shape index (κ1) is 14.9. The van der Waals surface area contributed by atoms with Crippen molar-refractivity contribution in [2.24, 2.45) is 0 Å². The molecule has 0 spiro atoms. The first-order chi connectivity index (χ1) is 10.3. The molecule has 3 rings (SSSR count). The Balaban J connectivity index is 2.10. The summed E-state index contributed by atoms with van der Waals surface area (Å²) in [6.07, 6.45) is 2.89. The fraction of sp³-hybridized carbons (Fsp3) is 0.154. The van der Waals surface area contributed by atoms with Crippen LogP contribution in [0.2, 0.25) is 0 Å². The Morgan fingerprint density at radius 3 is 2.77 bits per heavy atom. The quantitative estimate of drug-likeness (QED) is 0.595. The van der Waals surface area contributed by atoms with Crippen LogP contribution in [0.3, 0.4) is 0 Å². The van der Waals surface area contributed by atoms with E-state index in [1.807, 2.05) is 0 Å². The topological polar surface area (TPSA) is 105 Å². The molecule has 0 aromatic carbocycles. The average molecular weight is 385 g/mol. The number of carbonyl (C=O) groups excluding carboxylic acids is 1. The van der Waals surface area contributed by atoms with Crippen LogP contribution in [-0.4, -0.2) is 46.4 Å². The van der Waals surface area contributed by atoms with Gasteiger partial charge in [-0.2, -0.15) is 0 Å². The Kier molecular flexibility index (Phi) is 3.41. The molecule has 0 aliphatic carbocycles. The van der Waals surface area contributed by atoms with Crippen molar-refractivity contribution >= 4 is 43.7 Å². The van der Waals surface area contributed by atoms with E-state index in [0.29, 0.717) is 5.69 Å². The van der Waals surface area contributed by atoms with E-state index in [0.717, 1.165) is 4.90 Å². The van der Waals surface area contributed by atoms with Crippen molar-refractivity contribution in [2.75, 3.05) is 5.75 Å². The second-order valence-corrected chi connectivity index (χ2v) is 7.77. The Hall–Kier alpha value is -2.00. The normalized spacial score (nSPS) is 25.0. The van der Waals surface area contributed by atoms with E-state index in [1.54, 1.807) is 18.2 Å². The minimum Gasteiger partial charge on any atom is -0.477 e. The van der Waals surface area contributed by atoms with Gasteiger partial charge < -0.3 is 5.11 Å². The number of carbonyl (C=O) groups is 2. The number of rotatable bonds is 2. The molecular formula is C13H9BrN2O5S. The van der Waals surface area contributed by atoms with Gasteiger partial charge in [-0.15, -0.1) is 0 Å². The van der Waals surface area contributed by atoms with Crippen molar-refractivity contribution in [3.63, 3.8) is 0 Å². The maximum absolute atomic E-state index is 12.3. The number of carboxylic acids is 1. The Morgan fingerprint density at radius 2 is 2.18 bits per heavy atom. The third-order valence-electron chi connectivity index (χ3n) is 3.33. The number of β-lactam (4-membered cyclic amide) rings is 1. The Bertz CT molecular complexity index is 844. The van der Waals surface area contributed by atoms with Crippen molar-refractivity contribution < 1.29 is 23.1 Å². The maximum Gasteiger partial charge on any atom is 0.353 e. The summed E-state index contributed by atoms with van der Waals surface area (Å²) in [5.74, 6) is -2.45. The van der Waals surface area contributed by atoms with Crippen molar-refractivity contribution in [2.45, 2.75) is 5.37 Å². The molecule has 0 unspecified atom stereocenters. The molecule has 3 heterocycles. The van der Waals surface area contributed by atoms with Crippen LogP contribution in [-0.2, 0) is 19.4 Å². The summed E-state index contributed by atoms with van der Waals surface area (Å²) in [6.45, 7) is 0. The van der Waals surface area contributed by atoms with Gasteiger partial charge in [0.15, 0.2) is 15.2 Å². The van der Waals surface area contributed by atoms with E-state index in [9.17, 15) is 23.1 Å². The monoisotopic (exact) mass is 384 g/mol. The van der Waals surface area contributed by atoms with Crippen LogP contribution in [0.15, 0.2) is 40.1 Å². The van der Waals surface area contributed by atoms with E-state index >= 15 is 0 Å². The van der Waals surface area contributed by atoms with Crippen LogP contribution < -0.4 is 0 Å². The molecule has 2 aliphatic rings. The lowest BCUT2D eigenvalue weighted by Crippen LogP contribution is -2.61. The number of pyridine rings is 1. The summed E-state index contributed by atoms with van der Waals surface area (Å²) < 4.78 is 24.5. The molecule has 2 aliphatic heterocycles. The van der Waals surface area contributed by atoms with E-state index in [1.165, 1.54) is 12.3 Å². The highest BCUT2D eigenvalue weighted by molar-refractivity contribution is 9.11. The second-order valence-electron chi connectivity index (χ2n) is 4.75. The maximum atomic E-state index is 12.3. The highest BCUT2D eigenvalue weighted by Gasteiger charge is 2.56. The average Bonchev–Trinajstić information content (AvgIpc) is 2.44. The Morgan fingerprint density at radius 1 is 1.45 bits per heavy atom. The summed E-state index contributed by atoms with van der Waals surface area (Å²) in [4.78, 5) is 28.3. The molecule has 1 N–H and O–H groups in total. The standard InChI is InChI=1S/C13H9BrN2O5S/c14-9-6-22(20,21)12-8(5-7-3-1-2-4-15-7)11(17)16(12)10(9)13(18)19/h1-5,12H,6H2,(H,18,19)/b8-5-/t12-/m1/s1. The van der Waals surface area contributed by atoms with Crippen LogP contribution in [0.5, 0.6) is 0 Å². The molecule has 1 aromatic rings. The highest BCUT2D eigenvalue weighted by atomic mass is 79.9. The first-order valence-corrected chi connectivity index (χ1v) is 8.63. The van der Waals surface area contributed by atoms with Crippen molar-refractivity contribution in [3.05, 3.63) is 45.8 Å². The number of hydrogen-bond acceptors (Lipinski definition) is 5. The lowest BCUT2D eigenvalue weighted by Gasteiger charge is -2.44. The zero-order chi connectivity index (χ0) is 16.1. The lowest BCUT2D eigenvalue weighted by molar-refractivity contribution is -0.141. The lowest BCUT2D eigenvalue weighted by atomic mass is 10.0. The summed E-state index contributed by atoms with van der Waals surface area (Å²) in [5, 5.41) is 7.92. The number of carboxylic acid groups (broad SMARTS) is 1. The van der Waals surface area contributed by atoms with Gasteiger partial charge in [0.2, 0.25) is 0 Å². The third kappa shape index (κ3) is 2.17. The predicted molar refractivity (Wildman–Crippen MR) is 80.2 cm³/mol. The molecule has 7 nitrogen and oxygen atoms in total. The van der Waals surface area contributed by atoms with Gasteiger partial charge in [-0.1, -0.05) is 22.0 Å². The fourth-order valence-corrected chi connectivity index (χ4v) is 5.47. The molecule has 9 heteroatoms. The van der Waals surface area contributed by atoms with Gasteiger partial charge in [0.05, 0.1) is 17.0 Å². The van der Waals surface area contributed by atoms with E-state index < -0.39 is 32.8 Å². The fourth-order valence-electron chi connectivity index (χ4n) is 2.42. The van der Waals surface area contributed by atoms with Gasteiger partial charge in [-0.3, -0.25) is 14.7 Å². The van der Waals surface area contributed by atoms with Gasteiger partial charge >= 0.3 is 5.97 Å². The highest BCUT2D eigenvalue weighted by Crippen LogP contribution is 2.41. The van der Waals surface area contributed by atoms with E-state index in [-0.39, 0.29) is 15.8 Å². The molecule has 0 bridgehead atoms. The molecule has 1 saturated heterocycles. The number of aromatic nitrogens is 1. The molecule has 1 atom stereocenters. The van der Waals surface area contributed by atoms with Crippen molar-refractivity contribution in [1.29, 1.82) is 0 Å². The molecule has 0 radical (unpaired) electrons. The number of halogens is 1. The first-order valence-electron chi connectivity index (χ1n) is 6.12. The molecule has 1 fully saturated rings. The SMILES string of the molecule is O=C(O)C1=C(Br)CS(=O)(=O)[C@@H]2/C(=C\c3ccccn3)C(=O)N12. The molecule has 0 saturated carbocycles. The minimum atomic E-state index is -3.70. The van der Waals surface area contributed by atoms with Crippen LogP contribution in [0.1, 0.15) is 5.69 Å².